The van der Waals surface area contributed by atoms with Gasteiger partial charge in [-0.1, -0.05) is 6.07 Å². The minimum Gasteiger partial charge on any atom is -0.350 e. The number of nitrogens with one attached hydrogen (secondary N) is 1. The fourth-order valence-electron chi connectivity index (χ4n) is 2.11. The maximum atomic E-state index is 11.7. The molecular formula is C12H19N3OS. The first-order chi connectivity index (χ1) is 8.28. The third kappa shape index (κ3) is 3.80. The number of hydrogen-bond acceptors (Lipinski definition) is 4. The predicted octanol–water partition coefficient (Wildman–Crippen LogP) is 0.645. The van der Waals surface area contributed by atoms with Crippen molar-refractivity contribution in [2.75, 3.05) is 26.2 Å². The lowest BCUT2D eigenvalue weighted by molar-refractivity contribution is -0.122. The highest BCUT2D eigenvalue weighted by atomic mass is 32.1. The number of hydrogen-bond donors (Lipinski definition) is 2. The third-order valence-electron chi connectivity index (χ3n) is 3.11. The second kappa shape index (κ2) is 6.14. The van der Waals surface area contributed by atoms with Gasteiger partial charge in [0.05, 0.1) is 13.1 Å². The molecule has 3 N–H and O–H groups in total. The third-order valence-corrected chi connectivity index (χ3v) is 3.99. The number of thiophene rings is 1. The fraction of sp³-hybridized carbons (Fsp3) is 0.583. The normalized spacial score (nSPS) is 20.6. The molecule has 0 spiro atoms. The molecule has 1 atom stereocenters. The van der Waals surface area contributed by atoms with Gasteiger partial charge >= 0.3 is 0 Å². The summed E-state index contributed by atoms with van der Waals surface area (Å²) in [6.45, 7) is 3.83. The highest BCUT2D eigenvalue weighted by molar-refractivity contribution is 7.09. The van der Waals surface area contributed by atoms with Crippen LogP contribution in [0.5, 0.6) is 0 Å². The van der Waals surface area contributed by atoms with E-state index in [4.69, 9.17) is 5.73 Å². The summed E-state index contributed by atoms with van der Waals surface area (Å²) in [4.78, 5) is 15.1. The molecular weight excluding hydrogens is 234 g/mol. The monoisotopic (exact) mass is 253 g/mol. The average Bonchev–Trinajstić information content (AvgIpc) is 2.97. The summed E-state index contributed by atoms with van der Waals surface area (Å²) in [6, 6.07) is 4.03. The summed E-state index contributed by atoms with van der Waals surface area (Å²) in [5, 5.41) is 4.96. The van der Waals surface area contributed by atoms with Gasteiger partial charge in [0, 0.05) is 11.4 Å². The van der Waals surface area contributed by atoms with Gasteiger partial charge in [0.25, 0.3) is 0 Å². The molecule has 94 valence electrons. The predicted molar refractivity (Wildman–Crippen MR) is 69.8 cm³/mol. The van der Waals surface area contributed by atoms with Gasteiger partial charge in [0.2, 0.25) is 5.91 Å². The molecule has 2 rings (SSSR count). The highest BCUT2D eigenvalue weighted by Crippen LogP contribution is 2.14. The Labute approximate surface area is 106 Å². The maximum absolute atomic E-state index is 11.7. The van der Waals surface area contributed by atoms with E-state index in [1.165, 1.54) is 4.88 Å². The largest absolute Gasteiger partial charge is 0.350 e. The van der Waals surface area contributed by atoms with Crippen molar-refractivity contribution in [1.29, 1.82) is 0 Å². The second-order valence-electron chi connectivity index (χ2n) is 4.48. The van der Waals surface area contributed by atoms with Crippen LogP contribution in [0.2, 0.25) is 0 Å². The van der Waals surface area contributed by atoms with Crippen LogP contribution >= 0.6 is 11.3 Å². The molecule has 1 aromatic heterocycles. The zero-order valence-electron chi connectivity index (χ0n) is 9.89. The van der Waals surface area contributed by atoms with Crippen molar-refractivity contribution < 1.29 is 4.79 Å². The molecule has 0 bridgehead atoms. The van der Waals surface area contributed by atoms with Gasteiger partial charge in [-0.3, -0.25) is 9.69 Å². The Balaban J connectivity index is 1.67. The molecule has 0 saturated carbocycles. The van der Waals surface area contributed by atoms with Gasteiger partial charge in [-0.25, -0.2) is 0 Å². The maximum Gasteiger partial charge on any atom is 0.234 e. The molecule has 0 aliphatic carbocycles. The first kappa shape index (κ1) is 12.5. The molecule has 1 aliphatic rings. The van der Waals surface area contributed by atoms with Crippen LogP contribution in [-0.4, -0.2) is 37.0 Å². The quantitative estimate of drug-likeness (QED) is 0.810. The van der Waals surface area contributed by atoms with Crippen LogP contribution in [0.1, 0.15) is 11.3 Å². The van der Waals surface area contributed by atoms with E-state index in [-0.39, 0.29) is 5.91 Å². The van der Waals surface area contributed by atoms with E-state index in [2.05, 4.69) is 10.2 Å². The Morgan fingerprint density at radius 3 is 3.18 bits per heavy atom. The van der Waals surface area contributed by atoms with Crippen LogP contribution in [0.3, 0.4) is 0 Å². The summed E-state index contributed by atoms with van der Waals surface area (Å²) in [5.41, 5.74) is 5.62. The Morgan fingerprint density at radius 1 is 1.65 bits per heavy atom. The molecule has 2 heterocycles. The Hall–Kier alpha value is -0.910. The van der Waals surface area contributed by atoms with Crippen molar-refractivity contribution in [3.05, 3.63) is 22.4 Å². The highest BCUT2D eigenvalue weighted by Gasteiger charge is 2.22. The molecule has 0 radical (unpaired) electrons. The number of likely N-dealkylation sites (tertiary alicyclic amines) is 1. The number of carbonyl (C=O) groups excluding carboxylic acids is 1. The number of amides is 1. The molecule has 1 saturated heterocycles. The number of carbonyl (C=O) groups is 1. The van der Waals surface area contributed by atoms with Crippen LogP contribution in [0.4, 0.5) is 0 Å². The van der Waals surface area contributed by atoms with Crippen molar-refractivity contribution in [1.82, 2.24) is 10.2 Å². The molecule has 17 heavy (non-hydrogen) atoms. The Morgan fingerprint density at radius 2 is 2.53 bits per heavy atom. The van der Waals surface area contributed by atoms with E-state index < -0.39 is 0 Å². The molecule has 1 unspecified atom stereocenters. The lowest BCUT2D eigenvalue weighted by atomic mass is 10.1. The van der Waals surface area contributed by atoms with Gasteiger partial charge < -0.3 is 11.1 Å². The summed E-state index contributed by atoms with van der Waals surface area (Å²) < 4.78 is 0. The molecule has 1 aromatic rings. The molecule has 1 amide bonds. The van der Waals surface area contributed by atoms with Crippen LogP contribution in [-0.2, 0) is 11.3 Å². The van der Waals surface area contributed by atoms with Crippen LogP contribution < -0.4 is 11.1 Å². The molecule has 0 aromatic carbocycles. The molecule has 5 heteroatoms. The summed E-state index contributed by atoms with van der Waals surface area (Å²) in [5.74, 6) is 0.677. The minimum absolute atomic E-state index is 0.107. The van der Waals surface area contributed by atoms with Crippen LogP contribution in [0.15, 0.2) is 17.5 Å². The van der Waals surface area contributed by atoms with Gasteiger partial charge in [-0.05, 0) is 36.9 Å². The molecule has 1 aliphatic heterocycles. The van der Waals surface area contributed by atoms with Crippen molar-refractivity contribution >= 4 is 17.2 Å². The van der Waals surface area contributed by atoms with Gasteiger partial charge in [-0.2, -0.15) is 0 Å². The lowest BCUT2D eigenvalue weighted by Crippen LogP contribution is -2.36. The van der Waals surface area contributed by atoms with Gasteiger partial charge in [0.1, 0.15) is 0 Å². The Bertz CT molecular complexity index is 353. The average molecular weight is 253 g/mol. The summed E-state index contributed by atoms with van der Waals surface area (Å²) in [6.07, 6.45) is 1.12. The first-order valence-corrected chi connectivity index (χ1v) is 6.87. The van der Waals surface area contributed by atoms with E-state index in [1.807, 2.05) is 17.5 Å². The zero-order valence-corrected chi connectivity index (χ0v) is 10.7. The van der Waals surface area contributed by atoms with E-state index in [0.29, 0.717) is 19.0 Å². The first-order valence-electron chi connectivity index (χ1n) is 5.99. The van der Waals surface area contributed by atoms with E-state index in [0.717, 1.165) is 26.1 Å². The SMILES string of the molecule is NCC1CCN(CC(=O)NCc2cccs2)C1. The smallest absolute Gasteiger partial charge is 0.234 e. The van der Waals surface area contributed by atoms with Crippen molar-refractivity contribution in [2.24, 2.45) is 11.7 Å². The van der Waals surface area contributed by atoms with Crippen molar-refractivity contribution in [2.45, 2.75) is 13.0 Å². The minimum atomic E-state index is 0.107. The van der Waals surface area contributed by atoms with E-state index in [1.54, 1.807) is 11.3 Å². The standard InChI is InChI=1S/C12H19N3OS/c13-6-10-3-4-15(8-10)9-12(16)14-7-11-2-1-5-17-11/h1-2,5,10H,3-4,6-9,13H2,(H,14,16). The number of nitrogens with zero attached hydrogens (tertiary/aromatic N) is 1. The molecule has 1 fully saturated rings. The van der Waals surface area contributed by atoms with E-state index >= 15 is 0 Å². The fourth-order valence-corrected chi connectivity index (χ4v) is 2.75. The summed E-state index contributed by atoms with van der Waals surface area (Å²) in [7, 11) is 0. The van der Waals surface area contributed by atoms with Crippen molar-refractivity contribution in [3.8, 4) is 0 Å². The van der Waals surface area contributed by atoms with Crippen LogP contribution in [0, 0.1) is 5.92 Å². The van der Waals surface area contributed by atoms with Gasteiger partial charge in [-0.15, -0.1) is 11.3 Å². The topological polar surface area (TPSA) is 58.4 Å². The molecule has 4 nitrogen and oxygen atoms in total. The zero-order chi connectivity index (χ0) is 12.1. The van der Waals surface area contributed by atoms with E-state index in [9.17, 15) is 4.79 Å². The second-order valence-corrected chi connectivity index (χ2v) is 5.51. The van der Waals surface area contributed by atoms with Gasteiger partial charge in [0.15, 0.2) is 0 Å². The Kier molecular flexibility index (Phi) is 4.53. The lowest BCUT2D eigenvalue weighted by Gasteiger charge is -2.14. The van der Waals surface area contributed by atoms with Crippen molar-refractivity contribution in [3.63, 3.8) is 0 Å². The number of nitrogens with two attached hydrogens (primary N) is 1. The van der Waals surface area contributed by atoms with Crippen LogP contribution in [0.25, 0.3) is 0 Å². The number of rotatable bonds is 5. The summed E-state index contributed by atoms with van der Waals surface area (Å²) >= 11 is 1.67.